The lowest BCUT2D eigenvalue weighted by molar-refractivity contribution is 0.355. The van der Waals surface area contributed by atoms with E-state index in [1.807, 2.05) is 18.3 Å². The number of fused-ring (bicyclic) bond motifs is 3. The number of nitrogens with zero attached hydrogens (tertiary/aromatic N) is 2. The Morgan fingerprint density at radius 1 is 1.05 bits per heavy atom. The normalized spacial score (nSPS) is 26.4. The van der Waals surface area contributed by atoms with E-state index >= 15 is 0 Å². The summed E-state index contributed by atoms with van der Waals surface area (Å²) < 4.78 is 10.7. The van der Waals surface area contributed by atoms with Gasteiger partial charge in [-0.1, -0.05) is 6.42 Å². The van der Waals surface area contributed by atoms with E-state index in [1.165, 1.54) is 25.7 Å². The molecule has 4 rings (SSSR count). The number of nitrogens with one attached hydrogen (secondary N) is 1. The second-order valence-electron chi connectivity index (χ2n) is 6.38. The average Bonchev–Trinajstić information content (AvgIpc) is 3.16. The number of ether oxygens (including phenoxy) is 2. The summed E-state index contributed by atoms with van der Waals surface area (Å²) in [6, 6.07) is 4.31. The summed E-state index contributed by atoms with van der Waals surface area (Å²) in [7, 11) is 3.26. The summed E-state index contributed by atoms with van der Waals surface area (Å²) in [5, 5.41) is 3.58. The van der Waals surface area contributed by atoms with Crippen LogP contribution in [0.2, 0.25) is 0 Å². The Hall–Kier alpha value is -2.04. The Morgan fingerprint density at radius 2 is 1.82 bits per heavy atom. The number of aromatic nitrogens is 2. The predicted molar refractivity (Wildman–Crippen MR) is 85.5 cm³/mol. The van der Waals surface area contributed by atoms with Gasteiger partial charge in [-0.2, -0.15) is 0 Å². The smallest absolute Gasteiger partial charge is 0.163 e. The minimum Gasteiger partial charge on any atom is -0.493 e. The largest absolute Gasteiger partial charge is 0.493 e. The Kier molecular flexibility index (Phi) is 3.28. The number of benzene rings is 1. The van der Waals surface area contributed by atoms with E-state index in [0.29, 0.717) is 17.5 Å². The van der Waals surface area contributed by atoms with Crippen LogP contribution in [0.4, 0.5) is 5.82 Å². The van der Waals surface area contributed by atoms with Crippen molar-refractivity contribution in [3.63, 3.8) is 0 Å². The van der Waals surface area contributed by atoms with Gasteiger partial charge in [0.1, 0.15) is 5.82 Å². The second-order valence-corrected chi connectivity index (χ2v) is 6.38. The molecule has 116 valence electrons. The Labute approximate surface area is 130 Å². The number of hydrogen-bond donors (Lipinski definition) is 1. The van der Waals surface area contributed by atoms with Crippen molar-refractivity contribution in [1.82, 2.24) is 9.97 Å². The van der Waals surface area contributed by atoms with Gasteiger partial charge in [-0.15, -0.1) is 0 Å². The molecule has 1 aromatic carbocycles. The molecule has 3 atom stereocenters. The van der Waals surface area contributed by atoms with Crippen LogP contribution in [-0.2, 0) is 0 Å². The zero-order valence-corrected chi connectivity index (χ0v) is 13.0. The first kappa shape index (κ1) is 13.6. The zero-order chi connectivity index (χ0) is 15.1. The lowest BCUT2D eigenvalue weighted by atomic mass is 9.95. The third-order valence-corrected chi connectivity index (χ3v) is 5.12. The molecule has 0 spiro atoms. The fourth-order valence-corrected chi connectivity index (χ4v) is 4.02. The highest BCUT2D eigenvalue weighted by atomic mass is 16.5. The van der Waals surface area contributed by atoms with Gasteiger partial charge in [-0.3, -0.25) is 4.98 Å². The monoisotopic (exact) mass is 299 g/mol. The summed E-state index contributed by atoms with van der Waals surface area (Å²) in [5.74, 6) is 3.95. The Balaban J connectivity index is 1.62. The van der Waals surface area contributed by atoms with Gasteiger partial charge in [-0.05, 0) is 31.1 Å². The first-order chi connectivity index (χ1) is 10.8. The van der Waals surface area contributed by atoms with Crippen molar-refractivity contribution in [2.24, 2.45) is 11.8 Å². The first-order valence-electron chi connectivity index (χ1n) is 7.92. The van der Waals surface area contributed by atoms with Gasteiger partial charge < -0.3 is 14.8 Å². The molecule has 2 saturated carbocycles. The fourth-order valence-electron chi connectivity index (χ4n) is 4.02. The van der Waals surface area contributed by atoms with Gasteiger partial charge in [0, 0.05) is 18.2 Å². The van der Waals surface area contributed by atoms with E-state index in [-0.39, 0.29) is 0 Å². The maximum Gasteiger partial charge on any atom is 0.163 e. The molecule has 2 aliphatic rings. The van der Waals surface area contributed by atoms with Gasteiger partial charge in [0.15, 0.2) is 11.5 Å². The highest BCUT2D eigenvalue weighted by Crippen LogP contribution is 2.45. The van der Waals surface area contributed by atoms with Crippen molar-refractivity contribution >= 4 is 16.9 Å². The van der Waals surface area contributed by atoms with Crippen molar-refractivity contribution in [1.29, 1.82) is 0 Å². The first-order valence-corrected chi connectivity index (χ1v) is 7.92. The van der Waals surface area contributed by atoms with Crippen molar-refractivity contribution < 1.29 is 9.47 Å². The Morgan fingerprint density at radius 3 is 2.45 bits per heavy atom. The minimum atomic E-state index is 0.561. The molecule has 22 heavy (non-hydrogen) atoms. The standard InChI is InChI=1S/C17H21N3O2/c1-21-15-7-13-14(8-16(15)22-2)20-17(9-18-13)19-12-6-10-3-4-11(12)5-10/h7-12H,3-6H2,1-2H3,(H,19,20)/t10-,11-,12-/m0/s1. The molecular weight excluding hydrogens is 278 g/mol. The van der Waals surface area contributed by atoms with Crippen LogP contribution in [0, 0.1) is 11.8 Å². The van der Waals surface area contributed by atoms with Crippen molar-refractivity contribution in [3.05, 3.63) is 18.3 Å². The SMILES string of the molecule is COc1cc2ncc(N[C@H]3C[C@H]4CC[C@H]3C4)nc2cc1OC. The van der Waals surface area contributed by atoms with Gasteiger partial charge in [-0.25, -0.2) is 4.98 Å². The van der Waals surface area contributed by atoms with Crippen molar-refractivity contribution in [2.75, 3.05) is 19.5 Å². The Bertz CT molecular complexity index is 704. The molecule has 2 aliphatic carbocycles. The maximum absolute atomic E-state index is 5.34. The van der Waals surface area contributed by atoms with E-state index < -0.39 is 0 Å². The van der Waals surface area contributed by atoms with Crippen LogP contribution in [0.5, 0.6) is 11.5 Å². The van der Waals surface area contributed by atoms with Crippen LogP contribution >= 0.6 is 0 Å². The summed E-state index contributed by atoms with van der Waals surface area (Å²) >= 11 is 0. The molecule has 5 nitrogen and oxygen atoms in total. The molecule has 0 aliphatic heterocycles. The highest BCUT2D eigenvalue weighted by molar-refractivity contribution is 5.80. The van der Waals surface area contributed by atoms with Crippen LogP contribution < -0.4 is 14.8 Å². The van der Waals surface area contributed by atoms with Crippen LogP contribution in [0.3, 0.4) is 0 Å². The lowest BCUT2D eigenvalue weighted by Crippen LogP contribution is -2.26. The van der Waals surface area contributed by atoms with Crippen LogP contribution in [0.1, 0.15) is 25.7 Å². The predicted octanol–water partition coefficient (Wildman–Crippen LogP) is 3.25. The van der Waals surface area contributed by atoms with Crippen molar-refractivity contribution in [2.45, 2.75) is 31.7 Å². The zero-order valence-electron chi connectivity index (χ0n) is 13.0. The molecule has 2 aromatic rings. The minimum absolute atomic E-state index is 0.561. The van der Waals surface area contributed by atoms with Gasteiger partial charge in [0.05, 0.1) is 31.4 Å². The van der Waals surface area contributed by atoms with Gasteiger partial charge >= 0.3 is 0 Å². The third-order valence-electron chi connectivity index (χ3n) is 5.12. The molecule has 1 aromatic heterocycles. The quantitative estimate of drug-likeness (QED) is 0.939. The van der Waals surface area contributed by atoms with E-state index in [1.54, 1.807) is 14.2 Å². The van der Waals surface area contributed by atoms with E-state index in [9.17, 15) is 0 Å². The molecule has 5 heteroatoms. The topological polar surface area (TPSA) is 56.3 Å². The van der Waals surface area contributed by atoms with E-state index in [2.05, 4.69) is 10.3 Å². The number of methoxy groups -OCH3 is 2. The van der Waals surface area contributed by atoms with Crippen molar-refractivity contribution in [3.8, 4) is 11.5 Å². The number of anilines is 1. The number of hydrogen-bond acceptors (Lipinski definition) is 5. The fraction of sp³-hybridized carbons (Fsp3) is 0.529. The summed E-state index contributed by atoms with van der Waals surface area (Å²) in [6.07, 6.45) is 7.23. The summed E-state index contributed by atoms with van der Waals surface area (Å²) in [6.45, 7) is 0. The molecule has 2 bridgehead atoms. The lowest BCUT2D eigenvalue weighted by Gasteiger charge is -2.23. The molecule has 0 saturated heterocycles. The van der Waals surface area contributed by atoms with E-state index in [0.717, 1.165) is 28.7 Å². The highest BCUT2D eigenvalue weighted by Gasteiger charge is 2.39. The number of rotatable bonds is 4. The molecular formula is C17H21N3O2. The van der Waals surface area contributed by atoms with Crippen LogP contribution in [0.15, 0.2) is 18.3 Å². The molecule has 0 unspecified atom stereocenters. The van der Waals surface area contributed by atoms with Gasteiger partial charge in [0.2, 0.25) is 0 Å². The molecule has 0 radical (unpaired) electrons. The van der Waals surface area contributed by atoms with Crippen LogP contribution in [0.25, 0.3) is 11.0 Å². The summed E-state index contributed by atoms with van der Waals surface area (Å²) in [5.41, 5.74) is 1.64. The molecule has 1 heterocycles. The average molecular weight is 299 g/mol. The molecule has 0 amide bonds. The summed E-state index contributed by atoms with van der Waals surface area (Å²) in [4.78, 5) is 9.21. The molecule has 1 N–H and O–H groups in total. The third kappa shape index (κ3) is 2.25. The second kappa shape index (κ2) is 5.30. The van der Waals surface area contributed by atoms with E-state index in [4.69, 9.17) is 14.5 Å². The van der Waals surface area contributed by atoms with Gasteiger partial charge in [0.25, 0.3) is 0 Å². The molecule has 2 fully saturated rings. The van der Waals surface area contributed by atoms with Crippen LogP contribution in [-0.4, -0.2) is 30.2 Å². The maximum atomic E-state index is 5.34.